The van der Waals surface area contributed by atoms with Crippen molar-refractivity contribution in [3.63, 3.8) is 0 Å². The maximum atomic E-state index is 9.56. The molecule has 0 aliphatic heterocycles. The fraction of sp³-hybridized carbons (Fsp3) is 1.00. The van der Waals surface area contributed by atoms with E-state index in [-0.39, 0.29) is 0 Å². The third-order valence-corrected chi connectivity index (χ3v) is 56.3. The van der Waals surface area contributed by atoms with Gasteiger partial charge >= 0.3 is 87.4 Å². The molecule has 0 amide bonds. The number of hydrogen-bond acceptors (Lipinski definition) is 1. The van der Waals surface area contributed by atoms with Gasteiger partial charge in [0.1, 0.15) is 0 Å². The first-order chi connectivity index (χ1) is 6.23. The van der Waals surface area contributed by atoms with E-state index in [9.17, 15) is 4.21 Å². The van der Waals surface area contributed by atoms with E-state index in [2.05, 4.69) is 33.6 Å². The van der Waals surface area contributed by atoms with Gasteiger partial charge in [-0.2, -0.15) is 0 Å². The summed E-state index contributed by atoms with van der Waals surface area (Å²) >= 11 is -4.61. The molecule has 0 N–H and O–H groups in total. The van der Waals surface area contributed by atoms with Gasteiger partial charge in [0.25, 0.3) is 0 Å². The molecule has 0 aromatic carbocycles. The Hall–Kier alpha value is 2.33. The normalized spacial score (nSPS) is 13.5. The Morgan fingerprint density at radius 2 is 1.07 bits per heavy atom. The van der Waals surface area contributed by atoms with E-state index in [1.807, 2.05) is 0 Å². The Morgan fingerprint density at radius 1 is 0.933 bits per heavy atom. The van der Waals surface area contributed by atoms with Crippen LogP contribution in [0, 0.1) is 0 Å². The van der Waals surface area contributed by atoms with Gasteiger partial charge in [-0.1, -0.05) is 0 Å². The van der Waals surface area contributed by atoms with Crippen molar-refractivity contribution in [3.8, 4) is 0 Å². The Bertz CT molecular complexity index is 199. The first-order valence-electron chi connectivity index (χ1n) is 4.86. The van der Waals surface area contributed by atoms with Crippen molar-refractivity contribution < 1.29 is 4.21 Å². The molecule has 0 heterocycles. The quantitative estimate of drug-likeness (QED) is 0.533. The first-order valence-corrected chi connectivity index (χ1v) is 28.3. The van der Waals surface area contributed by atoms with Crippen molar-refractivity contribution in [3.05, 3.63) is 0 Å². The van der Waals surface area contributed by atoms with Gasteiger partial charge in [0.05, 0.1) is 0 Å². The molecule has 94 valence electrons. The van der Waals surface area contributed by atoms with Crippen LogP contribution in [0.25, 0.3) is 0 Å². The van der Waals surface area contributed by atoms with Gasteiger partial charge in [-0.3, -0.25) is 4.21 Å². The Morgan fingerprint density at radius 3 is 1.07 bits per heavy atom. The molecule has 0 fully saturated rings. The third kappa shape index (κ3) is 8.11. The van der Waals surface area contributed by atoms with E-state index >= 15 is 0 Å². The molecular formula is C9H24Cl2OSSn2. The molecule has 0 spiro atoms. The van der Waals surface area contributed by atoms with Crippen LogP contribution in [-0.2, 0) is 10.8 Å². The Labute approximate surface area is 113 Å². The molecule has 15 heavy (non-hydrogen) atoms. The minimum atomic E-state index is -2.30. The molecule has 0 rings (SSSR count). The third-order valence-electron chi connectivity index (χ3n) is 2.97. The first kappa shape index (κ1) is 19.7. The summed E-state index contributed by atoms with van der Waals surface area (Å²) in [6, 6.07) is 0. The Kier molecular flexibility index (Phi) is 9.24. The van der Waals surface area contributed by atoms with Crippen LogP contribution < -0.4 is 0 Å². The molecule has 0 saturated heterocycles. The van der Waals surface area contributed by atoms with Crippen LogP contribution in [0.5, 0.6) is 0 Å². The molecule has 0 saturated carbocycles. The molecule has 0 atom stereocenters. The molecule has 0 radical (unpaired) electrons. The maximum absolute atomic E-state index is 9.56. The summed E-state index contributed by atoms with van der Waals surface area (Å²) in [6.07, 6.45) is 3.28. The number of rotatable bonds is 2. The van der Waals surface area contributed by atoms with Crippen molar-refractivity contribution in [2.24, 2.45) is 0 Å². The van der Waals surface area contributed by atoms with Crippen molar-refractivity contribution in [1.29, 1.82) is 0 Å². The van der Waals surface area contributed by atoms with Gasteiger partial charge in [0, 0.05) is 23.3 Å². The van der Waals surface area contributed by atoms with Crippen LogP contribution in [-0.4, -0.2) is 51.2 Å². The van der Waals surface area contributed by atoms with E-state index in [0.717, 1.165) is 0 Å². The standard InChI is InChI=1S/C3H6.C2H6OS.4CH3.2ClH.2Sn/c1-3-2;1-4(2)3;;;;;;;;/h1-2H3;1-2H3;4*1H3;2*1H;;/q;;;;;;;;2*+1/p-2. The molecule has 0 aromatic heterocycles. The van der Waals surface area contributed by atoms with E-state index in [1.54, 1.807) is 12.5 Å². The topological polar surface area (TPSA) is 17.1 Å². The van der Waals surface area contributed by atoms with Crippen LogP contribution in [0.3, 0.4) is 0 Å². The predicted molar refractivity (Wildman–Crippen MR) is 80.7 cm³/mol. The van der Waals surface area contributed by atoms with Gasteiger partial charge in [-0.15, -0.1) is 0 Å². The molecule has 0 aliphatic carbocycles. The molecule has 0 aromatic rings. The molecule has 6 heteroatoms. The van der Waals surface area contributed by atoms with Gasteiger partial charge in [0.15, 0.2) is 0 Å². The van der Waals surface area contributed by atoms with Crippen molar-refractivity contribution in [2.75, 3.05) is 12.5 Å². The van der Waals surface area contributed by atoms with Crippen molar-refractivity contribution in [2.45, 2.75) is 35.1 Å². The minimum absolute atomic E-state index is 0.326. The average molecular weight is 489 g/mol. The van der Waals surface area contributed by atoms with Crippen LogP contribution in [0.2, 0.25) is 21.2 Å². The van der Waals surface area contributed by atoms with Gasteiger partial charge in [-0.05, 0) is 0 Å². The number of hydrogen-bond donors (Lipinski definition) is 0. The zero-order valence-electron chi connectivity index (χ0n) is 11.1. The Balaban J connectivity index is 0. The van der Waals surface area contributed by atoms with E-state index in [0.29, 0.717) is 1.45 Å². The summed E-state index contributed by atoms with van der Waals surface area (Å²) in [5.41, 5.74) is 0. The summed E-state index contributed by atoms with van der Waals surface area (Å²) < 4.78 is 9.88. The van der Waals surface area contributed by atoms with Crippen LogP contribution >= 0.6 is 17.8 Å². The monoisotopic (exact) mass is 490 g/mol. The second kappa shape index (κ2) is 7.05. The van der Waals surface area contributed by atoms with Crippen LogP contribution in [0.4, 0.5) is 0 Å². The van der Waals surface area contributed by atoms with Crippen LogP contribution in [0.15, 0.2) is 0 Å². The van der Waals surface area contributed by atoms with Crippen LogP contribution in [0.1, 0.15) is 13.8 Å². The summed E-state index contributed by atoms with van der Waals surface area (Å²) in [7, 11) is 12.4. The fourth-order valence-electron chi connectivity index (χ4n) is 0.707. The fourth-order valence-corrected chi connectivity index (χ4v) is 55.2. The summed E-state index contributed by atoms with van der Waals surface area (Å²) in [5, 5.41) is 0. The zero-order valence-corrected chi connectivity index (χ0v) is 19.1. The van der Waals surface area contributed by atoms with Gasteiger partial charge < -0.3 is 0 Å². The number of halogens is 2. The van der Waals surface area contributed by atoms with Crippen molar-refractivity contribution in [1.82, 2.24) is 0 Å². The molecule has 0 unspecified atom stereocenters. The van der Waals surface area contributed by atoms with E-state index in [4.69, 9.17) is 17.8 Å². The predicted octanol–water partition coefficient (Wildman–Crippen LogP) is 4.19. The zero-order chi connectivity index (χ0) is 13.1. The molecule has 1 nitrogen and oxygen atoms in total. The summed E-state index contributed by atoms with van der Waals surface area (Å²) in [6.45, 7) is 4.55. The second-order valence-corrected chi connectivity index (χ2v) is 47.5. The summed E-state index contributed by atoms with van der Waals surface area (Å²) in [5.74, 6) is 0. The molecule has 0 bridgehead atoms. The van der Waals surface area contributed by atoms with Crippen molar-refractivity contribution >= 4 is 63.1 Å². The average Bonchev–Trinajstić information content (AvgIpc) is 1.79. The SMILES string of the molecule is CS(C)=O.C[C](C)([Sn]([CH3])([CH3])[Cl])[Sn]([CH3])([CH3])[Cl]. The summed E-state index contributed by atoms with van der Waals surface area (Å²) in [4.78, 5) is 9.04. The van der Waals surface area contributed by atoms with Gasteiger partial charge in [-0.25, -0.2) is 0 Å². The van der Waals surface area contributed by atoms with E-state index in [1.165, 1.54) is 0 Å². The molecule has 0 aliphatic rings. The molecular weight excluding hydrogens is 464 g/mol. The second-order valence-electron chi connectivity index (χ2n) is 5.31. The van der Waals surface area contributed by atoms with E-state index < -0.39 is 45.3 Å². The van der Waals surface area contributed by atoms with Gasteiger partial charge in [0.2, 0.25) is 0 Å².